The Morgan fingerprint density at radius 3 is 1.90 bits per heavy atom. The van der Waals surface area contributed by atoms with Crippen LogP contribution in [0.2, 0.25) is 10.0 Å². The van der Waals surface area contributed by atoms with Crippen molar-refractivity contribution in [1.29, 1.82) is 0 Å². The lowest BCUT2D eigenvalue weighted by Crippen LogP contribution is -2.36. The lowest BCUT2D eigenvalue weighted by molar-refractivity contribution is 0.0634. The number of phosphoric ester groups is 1. The third kappa shape index (κ3) is 7.91. The third-order valence-corrected chi connectivity index (χ3v) is 6.64. The van der Waals surface area contributed by atoms with Gasteiger partial charge in [0.1, 0.15) is 17.1 Å². The number of rotatable bonds is 8. The van der Waals surface area contributed by atoms with Gasteiger partial charge in [-0.2, -0.15) is 9.25 Å². The van der Waals surface area contributed by atoms with Crippen LogP contribution in [0.4, 0.5) is 10.6 Å². The Kier molecular flexibility index (Phi) is 8.77. The smallest absolute Gasteiger partial charge is 0.444 e. The van der Waals surface area contributed by atoms with Crippen LogP contribution in [0.25, 0.3) is 5.69 Å². The van der Waals surface area contributed by atoms with E-state index in [1.165, 1.54) is 12.1 Å². The first-order valence-corrected chi connectivity index (χ1v) is 14.1. The number of amides is 1. The van der Waals surface area contributed by atoms with Crippen molar-refractivity contribution in [2.75, 3.05) is 5.32 Å². The Labute approximate surface area is 243 Å². The number of nitrogens with zero attached hydrogens (tertiary/aromatic N) is 2. The summed E-state index contributed by atoms with van der Waals surface area (Å²) < 4.78 is 36.4. The van der Waals surface area contributed by atoms with Crippen molar-refractivity contribution in [2.24, 2.45) is 0 Å². The second-order valence-electron chi connectivity index (χ2n) is 9.23. The van der Waals surface area contributed by atoms with E-state index in [-0.39, 0.29) is 33.0 Å². The highest BCUT2D eigenvalue weighted by Crippen LogP contribution is 2.52. The molecular weight excluding hydrogens is 598 g/mol. The van der Waals surface area contributed by atoms with Crippen LogP contribution in [-0.2, 0) is 9.30 Å². The van der Waals surface area contributed by atoms with Crippen LogP contribution >= 0.6 is 31.0 Å². The summed E-state index contributed by atoms with van der Waals surface area (Å²) in [6.45, 7) is 4.90. The van der Waals surface area contributed by atoms with E-state index in [1.807, 2.05) is 4.98 Å². The maximum absolute atomic E-state index is 13.8. The minimum absolute atomic E-state index is 0.0244. The van der Waals surface area contributed by atoms with Crippen LogP contribution in [0.15, 0.2) is 82.4 Å². The number of halogens is 2. The normalized spacial score (nSPS) is 11.4. The number of hydrogen-bond acceptors (Lipinski definition) is 9. The number of ether oxygens (including phenoxy) is 1. The number of carbonyl (C=O) groups is 1. The first kappa shape index (κ1) is 29.7. The summed E-state index contributed by atoms with van der Waals surface area (Å²) >= 11 is 12.9. The maximum atomic E-state index is 13.8. The van der Waals surface area contributed by atoms with E-state index in [0.29, 0.717) is 0 Å². The Bertz CT molecular complexity index is 1660. The number of benzene rings is 3. The number of aromatic amines is 1. The molecule has 15 heteroatoms. The van der Waals surface area contributed by atoms with Crippen LogP contribution in [0.3, 0.4) is 0 Å². The van der Waals surface area contributed by atoms with E-state index in [0.717, 1.165) is 4.68 Å². The van der Waals surface area contributed by atoms with E-state index in [1.54, 1.807) is 81.4 Å². The van der Waals surface area contributed by atoms with E-state index in [9.17, 15) is 18.9 Å². The number of aromatic nitrogens is 3. The first-order valence-electron chi connectivity index (χ1n) is 11.8. The van der Waals surface area contributed by atoms with Crippen molar-refractivity contribution < 1.29 is 27.7 Å². The molecule has 1 aromatic heterocycles. The van der Waals surface area contributed by atoms with Crippen LogP contribution in [0, 0.1) is 0 Å². The molecule has 0 aliphatic rings. The molecular formula is C26H23Cl2N4O8P. The molecule has 0 spiro atoms. The number of phosphoric acid groups is 1. The fraction of sp³-hybridized carbons (Fsp3) is 0.154. The highest BCUT2D eigenvalue weighted by atomic mass is 35.5. The summed E-state index contributed by atoms with van der Waals surface area (Å²) in [7, 11) is -4.45. The molecule has 3 aromatic carbocycles. The second-order valence-corrected chi connectivity index (χ2v) is 11.5. The molecule has 0 aliphatic carbocycles. The molecule has 1 heterocycles. The maximum Gasteiger partial charge on any atom is 0.647 e. The Balaban J connectivity index is 1.68. The fourth-order valence-electron chi connectivity index (χ4n) is 3.20. The zero-order chi connectivity index (χ0) is 29.8. The lowest BCUT2D eigenvalue weighted by Gasteiger charge is -2.21. The van der Waals surface area contributed by atoms with Gasteiger partial charge >= 0.3 is 19.6 Å². The van der Waals surface area contributed by atoms with Gasteiger partial charge in [-0.25, -0.2) is 9.59 Å². The number of para-hydroxylation sites is 2. The molecule has 0 saturated heterocycles. The van der Waals surface area contributed by atoms with Gasteiger partial charge in [0.15, 0.2) is 5.75 Å². The average molecular weight is 621 g/mol. The second kappa shape index (κ2) is 12.1. The topological polar surface area (TPSA) is 151 Å². The van der Waals surface area contributed by atoms with Gasteiger partial charge in [0.25, 0.3) is 5.56 Å². The van der Waals surface area contributed by atoms with Gasteiger partial charge in [-0.05, 0) is 57.2 Å². The highest BCUT2D eigenvalue weighted by Gasteiger charge is 2.35. The molecule has 0 aliphatic heterocycles. The molecule has 4 rings (SSSR count). The van der Waals surface area contributed by atoms with Gasteiger partial charge in [-0.3, -0.25) is 15.1 Å². The summed E-state index contributed by atoms with van der Waals surface area (Å²) in [4.78, 5) is 39.0. The standard InChI is InChI=1S/C26H23Cl2N4O8P/c1-26(2,3)37-25(35)29-22-23(33)30-24(34)32(31-22)16-14-19(27)21(20(28)15-16)40-41(36,38-17-10-6-4-7-11-17)39-18-12-8-5-9-13-18/h4-15H,1-3H3,(H,29,31,35)(H,30,33,34). The largest absolute Gasteiger partial charge is 0.647 e. The molecule has 41 heavy (non-hydrogen) atoms. The quantitative estimate of drug-likeness (QED) is 0.219. The number of anilines is 1. The summed E-state index contributed by atoms with van der Waals surface area (Å²) in [5, 5.41) is 5.67. The van der Waals surface area contributed by atoms with Crippen molar-refractivity contribution in [3.63, 3.8) is 0 Å². The lowest BCUT2D eigenvalue weighted by atomic mass is 10.2. The zero-order valence-corrected chi connectivity index (χ0v) is 24.2. The van der Waals surface area contributed by atoms with E-state index < -0.39 is 36.6 Å². The third-order valence-electron chi connectivity index (χ3n) is 4.80. The molecule has 0 fully saturated rings. The molecule has 1 amide bonds. The summed E-state index contributed by atoms with van der Waals surface area (Å²) in [6, 6.07) is 18.8. The van der Waals surface area contributed by atoms with Crippen LogP contribution < -0.4 is 30.1 Å². The predicted octanol–water partition coefficient (Wildman–Crippen LogP) is 6.22. The minimum atomic E-state index is -4.45. The molecule has 0 radical (unpaired) electrons. The predicted molar refractivity (Wildman–Crippen MR) is 153 cm³/mol. The number of hydrogen-bond donors (Lipinski definition) is 2. The van der Waals surface area contributed by atoms with Gasteiger partial charge in [0.2, 0.25) is 5.82 Å². The first-order chi connectivity index (χ1) is 19.3. The molecule has 0 atom stereocenters. The Morgan fingerprint density at radius 1 is 0.902 bits per heavy atom. The van der Waals surface area contributed by atoms with Crippen molar-refractivity contribution in [3.05, 3.63) is 104 Å². The number of carbonyl (C=O) groups excluding carboxylic acids is 1. The summed E-state index contributed by atoms with van der Waals surface area (Å²) in [5.41, 5.74) is -2.80. The van der Waals surface area contributed by atoms with Crippen LogP contribution in [0.5, 0.6) is 17.2 Å². The van der Waals surface area contributed by atoms with Gasteiger partial charge in [0.05, 0.1) is 15.7 Å². The molecule has 0 bridgehead atoms. The monoisotopic (exact) mass is 620 g/mol. The van der Waals surface area contributed by atoms with E-state index in [2.05, 4.69) is 10.4 Å². The van der Waals surface area contributed by atoms with Crippen LogP contribution in [-0.4, -0.2) is 26.5 Å². The Morgan fingerprint density at radius 2 is 1.41 bits per heavy atom. The summed E-state index contributed by atoms with van der Waals surface area (Å²) in [5.74, 6) is -0.436. The fourth-order valence-corrected chi connectivity index (χ4v) is 5.15. The van der Waals surface area contributed by atoms with Crippen LogP contribution in [0.1, 0.15) is 20.8 Å². The molecule has 214 valence electrons. The number of nitrogens with one attached hydrogen (secondary N) is 2. The van der Waals surface area contributed by atoms with E-state index >= 15 is 0 Å². The van der Waals surface area contributed by atoms with Gasteiger partial charge in [-0.1, -0.05) is 59.6 Å². The van der Waals surface area contributed by atoms with Crippen molar-refractivity contribution in [2.45, 2.75) is 26.4 Å². The number of H-pyrrole nitrogens is 1. The van der Waals surface area contributed by atoms with Crippen molar-refractivity contribution in [1.82, 2.24) is 14.8 Å². The average Bonchev–Trinajstić information content (AvgIpc) is 2.88. The molecule has 2 N–H and O–H groups in total. The zero-order valence-electron chi connectivity index (χ0n) is 21.8. The molecule has 0 unspecified atom stereocenters. The van der Waals surface area contributed by atoms with Gasteiger partial charge < -0.3 is 18.3 Å². The molecule has 4 aromatic rings. The van der Waals surface area contributed by atoms with Gasteiger partial charge in [0, 0.05) is 0 Å². The van der Waals surface area contributed by atoms with Crippen molar-refractivity contribution in [3.8, 4) is 22.9 Å². The SMILES string of the molecule is CC(C)(C)OC(=O)Nc1nn(-c2cc(Cl)c(OP(=O)(Oc3ccccc3)Oc3ccccc3)c(Cl)c2)c(=O)[nH]c1=O. The van der Waals surface area contributed by atoms with Gasteiger partial charge in [-0.15, -0.1) is 5.10 Å². The molecule has 0 saturated carbocycles. The van der Waals surface area contributed by atoms with Crippen molar-refractivity contribution >= 4 is 42.9 Å². The van der Waals surface area contributed by atoms with E-state index in [4.69, 9.17) is 41.5 Å². The molecule has 12 nitrogen and oxygen atoms in total. The highest BCUT2D eigenvalue weighted by molar-refractivity contribution is 7.49. The minimum Gasteiger partial charge on any atom is -0.444 e. The Hall–Kier alpha value is -4.25. The summed E-state index contributed by atoms with van der Waals surface area (Å²) in [6.07, 6.45) is -0.965.